The second-order valence-electron chi connectivity index (χ2n) is 5.06. The SMILES string of the molecule is C=CC[NH+](CC(=O)NCc1ccccc1)Cc1ccc(Br)s1. The summed E-state index contributed by atoms with van der Waals surface area (Å²) >= 11 is 5.18. The van der Waals surface area contributed by atoms with E-state index < -0.39 is 0 Å². The topological polar surface area (TPSA) is 33.5 Å². The van der Waals surface area contributed by atoms with E-state index >= 15 is 0 Å². The van der Waals surface area contributed by atoms with E-state index in [9.17, 15) is 4.79 Å². The summed E-state index contributed by atoms with van der Waals surface area (Å²) in [5.41, 5.74) is 1.11. The second-order valence-corrected chi connectivity index (χ2v) is 7.61. The van der Waals surface area contributed by atoms with Crippen LogP contribution in [0, 0.1) is 0 Å². The van der Waals surface area contributed by atoms with Gasteiger partial charge in [0.2, 0.25) is 0 Å². The highest BCUT2D eigenvalue weighted by Gasteiger charge is 2.14. The summed E-state index contributed by atoms with van der Waals surface area (Å²) in [6.45, 7) is 6.42. The molecule has 2 N–H and O–H groups in total. The number of carbonyl (C=O) groups is 1. The van der Waals surface area contributed by atoms with Gasteiger partial charge in [-0.3, -0.25) is 4.79 Å². The summed E-state index contributed by atoms with van der Waals surface area (Å²) < 4.78 is 1.12. The molecule has 2 aromatic rings. The fraction of sp³-hybridized carbons (Fsp3) is 0.235. The molecule has 0 fully saturated rings. The van der Waals surface area contributed by atoms with Gasteiger partial charge in [-0.05, 0) is 39.7 Å². The third kappa shape index (κ3) is 5.75. The number of quaternary nitrogens is 1. The summed E-state index contributed by atoms with van der Waals surface area (Å²) in [7, 11) is 0. The Hall–Kier alpha value is -1.43. The number of carbonyl (C=O) groups excluding carboxylic acids is 1. The van der Waals surface area contributed by atoms with Gasteiger partial charge >= 0.3 is 0 Å². The molecule has 1 unspecified atom stereocenters. The van der Waals surface area contributed by atoms with Crippen LogP contribution < -0.4 is 10.2 Å². The molecule has 5 heteroatoms. The largest absolute Gasteiger partial charge is 0.347 e. The average Bonchev–Trinajstić information content (AvgIpc) is 2.91. The maximum Gasteiger partial charge on any atom is 0.275 e. The first-order valence-electron chi connectivity index (χ1n) is 7.16. The van der Waals surface area contributed by atoms with Crippen LogP contribution in [0.4, 0.5) is 0 Å². The zero-order chi connectivity index (χ0) is 15.8. The van der Waals surface area contributed by atoms with Crippen LogP contribution in [0.25, 0.3) is 0 Å². The maximum absolute atomic E-state index is 12.1. The Kier molecular flexibility index (Phi) is 6.83. The van der Waals surface area contributed by atoms with Crippen molar-refractivity contribution in [2.75, 3.05) is 13.1 Å². The molecule has 0 radical (unpaired) electrons. The summed E-state index contributed by atoms with van der Waals surface area (Å²) in [5.74, 6) is 0.0660. The van der Waals surface area contributed by atoms with Crippen LogP contribution in [0.5, 0.6) is 0 Å². The normalized spacial score (nSPS) is 11.9. The Morgan fingerprint density at radius 3 is 2.68 bits per heavy atom. The van der Waals surface area contributed by atoms with Crippen LogP contribution in [0.1, 0.15) is 10.4 Å². The number of thiophene rings is 1. The average molecular weight is 380 g/mol. The van der Waals surface area contributed by atoms with E-state index in [0.29, 0.717) is 13.1 Å². The van der Waals surface area contributed by atoms with Gasteiger partial charge in [0.25, 0.3) is 5.91 Å². The molecule has 1 atom stereocenters. The highest BCUT2D eigenvalue weighted by molar-refractivity contribution is 9.11. The van der Waals surface area contributed by atoms with E-state index in [1.807, 2.05) is 42.5 Å². The first-order valence-corrected chi connectivity index (χ1v) is 8.77. The number of benzene rings is 1. The van der Waals surface area contributed by atoms with E-state index in [-0.39, 0.29) is 5.91 Å². The predicted octanol–water partition coefficient (Wildman–Crippen LogP) is 2.40. The van der Waals surface area contributed by atoms with E-state index in [0.717, 1.165) is 22.4 Å². The van der Waals surface area contributed by atoms with Gasteiger partial charge < -0.3 is 10.2 Å². The molecule has 0 aliphatic carbocycles. The molecule has 0 aliphatic heterocycles. The number of amides is 1. The zero-order valence-corrected chi connectivity index (χ0v) is 14.8. The van der Waals surface area contributed by atoms with Gasteiger partial charge in [0.05, 0.1) is 15.2 Å². The lowest BCUT2D eigenvalue weighted by Gasteiger charge is -2.16. The molecule has 0 aliphatic rings. The van der Waals surface area contributed by atoms with Crippen LogP contribution in [0.15, 0.2) is 58.9 Å². The van der Waals surface area contributed by atoms with E-state index in [4.69, 9.17) is 0 Å². The van der Waals surface area contributed by atoms with Gasteiger partial charge in [0.15, 0.2) is 6.54 Å². The van der Waals surface area contributed by atoms with Crippen LogP contribution in [0.3, 0.4) is 0 Å². The van der Waals surface area contributed by atoms with Gasteiger partial charge in [0.1, 0.15) is 6.54 Å². The first kappa shape index (κ1) is 16.9. The third-order valence-electron chi connectivity index (χ3n) is 3.23. The molecule has 22 heavy (non-hydrogen) atoms. The smallest absolute Gasteiger partial charge is 0.275 e. The fourth-order valence-corrected chi connectivity index (χ4v) is 3.75. The van der Waals surface area contributed by atoms with E-state index in [1.165, 1.54) is 9.78 Å². The van der Waals surface area contributed by atoms with Gasteiger partial charge in [-0.1, -0.05) is 36.9 Å². The quantitative estimate of drug-likeness (QED) is 0.678. The van der Waals surface area contributed by atoms with Crippen molar-refractivity contribution in [3.05, 3.63) is 69.3 Å². The molecule has 3 nitrogen and oxygen atoms in total. The summed E-state index contributed by atoms with van der Waals surface area (Å²) in [6, 6.07) is 14.1. The van der Waals surface area contributed by atoms with Crippen LogP contribution in [-0.2, 0) is 17.9 Å². The molecule has 0 spiro atoms. The molecule has 0 saturated heterocycles. The van der Waals surface area contributed by atoms with Gasteiger partial charge in [-0.15, -0.1) is 11.3 Å². The van der Waals surface area contributed by atoms with Crippen LogP contribution >= 0.6 is 27.3 Å². The minimum absolute atomic E-state index is 0.0660. The fourth-order valence-electron chi connectivity index (χ4n) is 2.19. The second kappa shape index (κ2) is 8.88. The minimum Gasteiger partial charge on any atom is -0.347 e. The number of rotatable bonds is 8. The molecule has 1 heterocycles. The summed E-state index contributed by atoms with van der Waals surface area (Å²) in [6.07, 6.45) is 1.86. The van der Waals surface area contributed by atoms with Crippen molar-refractivity contribution in [1.29, 1.82) is 0 Å². The van der Waals surface area contributed by atoms with Gasteiger partial charge in [-0.2, -0.15) is 0 Å². The van der Waals surface area contributed by atoms with Gasteiger partial charge in [0, 0.05) is 6.54 Å². The van der Waals surface area contributed by atoms with Crippen molar-refractivity contribution >= 4 is 33.2 Å². The number of nitrogens with one attached hydrogen (secondary N) is 2. The van der Waals surface area contributed by atoms with Crippen molar-refractivity contribution in [1.82, 2.24) is 5.32 Å². The molecule has 1 amide bonds. The van der Waals surface area contributed by atoms with Crippen molar-refractivity contribution < 1.29 is 9.69 Å². The van der Waals surface area contributed by atoms with E-state index in [1.54, 1.807) is 11.3 Å². The molecule has 0 bridgehead atoms. The molecule has 2 rings (SSSR count). The van der Waals surface area contributed by atoms with Crippen molar-refractivity contribution in [2.24, 2.45) is 0 Å². The lowest BCUT2D eigenvalue weighted by atomic mass is 10.2. The first-order chi connectivity index (χ1) is 10.7. The number of hydrogen-bond acceptors (Lipinski definition) is 2. The number of halogens is 1. The Morgan fingerprint density at radius 1 is 1.27 bits per heavy atom. The van der Waals surface area contributed by atoms with Crippen LogP contribution in [0.2, 0.25) is 0 Å². The summed E-state index contributed by atoms with van der Waals surface area (Å²) in [5, 5.41) is 2.98. The third-order valence-corrected chi connectivity index (χ3v) is 4.85. The highest BCUT2D eigenvalue weighted by Crippen LogP contribution is 2.21. The zero-order valence-electron chi connectivity index (χ0n) is 12.3. The minimum atomic E-state index is 0.0660. The molecule has 116 valence electrons. The highest BCUT2D eigenvalue weighted by atomic mass is 79.9. The summed E-state index contributed by atoms with van der Waals surface area (Å²) in [4.78, 5) is 14.6. The van der Waals surface area contributed by atoms with Gasteiger partial charge in [-0.25, -0.2) is 0 Å². The molecule has 0 saturated carbocycles. The van der Waals surface area contributed by atoms with Crippen molar-refractivity contribution in [3.63, 3.8) is 0 Å². The Morgan fingerprint density at radius 2 is 2.05 bits per heavy atom. The van der Waals surface area contributed by atoms with Crippen LogP contribution in [-0.4, -0.2) is 19.0 Å². The van der Waals surface area contributed by atoms with Crippen molar-refractivity contribution in [3.8, 4) is 0 Å². The lowest BCUT2D eigenvalue weighted by molar-refractivity contribution is -0.899. The Bertz CT molecular complexity index is 612. The molecular formula is C17H20BrN2OS+. The maximum atomic E-state index is 12.1. The van der Waals surface area contributed by atoms with Crippen molar-refractivity contribution in [2.45, 2.75) is 13.1 Å². The molecule has 1 aromatic heterocycles. The lowest BCUT2D eigenvalue weighted by Crippen LogP contribution is -3.11. The standard InChI is InChI=1S/C17H19BrN2OS/c1-2-10-20(12-15-8-9-16(18)22-15)13-17(21)19-11-14-6-4-3-5-7-14/h2-9H,1,10-13H2,(H,19,21)/p+1. The predicted molar refractivity (Wildman–Crippen MR) is 94.9 cm³/mol. The monoisotopic (exact) mass is 379 g/mol. The molecule has 1 aromatic carbocycles. The van der Waals surface area contributed by atoms with E-state index in [2.05, 4.69) is 33.9 Å². The Labute approximate surface area is 143 Å². The Balaban J connectivity index is 1.84. The molecular weight excluding hydrogens is 360 g/mol. The number of hydrogen-bond donors (Lipinski definition) is 2.